The van der Waals surface area contributed by atoms with E-state index in [4.69, 9.17) is 4.74 Å². The fourth-order valence-electron chi connectivity index (χ4n) is 2.86. The third-order valence-electron chi connectivity index (χ3n) is 4.63. The smallest absolute Gasteiger partial charge is 0.376 e. The van der Waals surface area contributed by atoms with Gasteiger partial charge in [0.15, 0.2) is 0 Å². The summed E-state index contributed by atoms with van der Waals surface area (Å²) in [5, 5.41) is 0. The third kappa shape index (κ3) is 4.98. The molecule has 0 aromatic carbocycles. The second-order valence-corrected chi connectivity index (χ2v) is 7.09. The van der Waals surface area contributed by atoms with Crippen LogP contribution >= 0.6 is 0 Å². The van der Waals surface area contributed by atoms with E-state index in [1.165, 1.54) is 26.4 Å². The quantitative estimate of drug-likeness (QED) is 0.785. The summed E-state index contributed by atoms with van der Waals surface area (Å²) in [6.07, 6.45) is 3.57. The van der Waals surface area contributed by atoms with Crippen molar-refractivity contribution in [3.63, 3.8) is 0 Å². The highest BCUT2D eigenvalue weighted by molar-refractivity contribution is 7.81. The Balaban J connectivity index is 0.000000204. The topological polar surface area (TPSA) is 61.8 Å². The largest absolute Gasteiger partial charge is 0.400 e. The Morgan fingerprint density at radius 3 is 2.20 bits per heavy atom. The predicted octanol–water partition coefficient (Wildman–Crippen LogP) is 2.76. The van der Waals surface area contributed by atoms with Gasteiger partial charge >= 0.3 is 10.4 Å². The van der Waals surface area contributed by atoms with Crippen LogP contribution in [0.1, 0.15) is 47.0 Å². The number of hydrogen-bond acceptors (Lipinski definition) is 5. The van der Waals surface area contributed by atoms with E-state index in [1.807, 2.05) is 0 Å². The molecule has 2 aliphatic rings. The van der Waals surface area contributed by atoms with Crippen molar-refractivity contribution >= 4 is 10.4 Å². The molecule has 2 rings (SSSR count). The standard InChI is InChI=1S/C9H18.C5H10O5S/c1-4-9-6-5-7(2)8(9)3;1-4-5(8-2)3-9-11(6,7)10-4/h7-9H,4-6H2,1-3H3;4-5H,3H2,1-2H3/t7?,8-,9+;4?,5-/m10/s1. The van der Waals surface area contributed by atoms with Crippen molar-refractivity contribution in [2.75, 3.05) is 13.7 Å². The molecule has 2 fully saturated rings. The average Bonchev–Trinajstić information content (AvgIpc) is 2.69. The highest BCUT2D eigenvalue weighted by atomic mass is 32.3. The van der Waals surface area contributed by atoms with Crippen molar-refractivity contribution in [1.82, 2.24) is 0 Å². The molecule has 6 heteroatoms. The van der Waals surface area contributed by atoms with Crippen LogP contribution in [0.25, 0.3) is 0 Å². The molecular formula is C14H28O5S. The fraction of sp³-hybridized carbons (Fsp3) is 1.00. The first-order valence-corrected chi connectivity index (χ1v) is 8.74. The van der Waals surface area contributed by atoms with Crippen molar-refractivity contribution in [3.8, 4) is 0 Å². The lowest BCUT2D eigenvalue weighted by atomic mass is 9.91. The van der Waals surface area contributed by atoms with Crippen molar-refractivity contribution in [3.05, 3.63) is 0 Å². The van der Waals surface area contributed by atoms with Gasteiger partial charge in [-0.3, -0.25) is 0 Å². The maximum absolute atomic E-state index is 10.6. The minimum absolute atomic E-state index is 0.0278. The van der Waals surface area contributed by atoms with E-state index in [0.717, 1.165) is 17.8 Å². The molecule has 1 aliphatic carbocycles. The van der Waals surface area contributed by atoms with Crippen molar-refractivity contribution in [2.45, 2.75) is 59.2 Å². The van der Waals surface area contributed by atoms with Crippen LogP contribution in [0.3, 0.4) is 0 Å². The van der Waals surface area contributed by atoms with Crippen LogP contribution < -0.4 is 0 Å². The summed E-state index contributed by atoms with van der Waals surface area (Å²) in [6, 6.07) is 0. The zero-order valence-corrected chi connectivity index (χ0v) is 14.0. The molecule has 0 bridgehead atoms. The molecule has 5 nitrogen and oxygen atoms in total. The SMILES string of the molecule is CC[C@H]1CCC(C)[C@H]1C.CO[C@H]1COS(=O)(=O)OC1C. The van der Waals surface area contributed by atoms with Gasteiger partial charge in [0.25, 0.3) is 0 Å². The molecule has 120 valence electrons. The van der Waals surface area contributed by atoms with Gasteiger partial charge in [-0.05, 0) is 31.1 Å². The summed E-state index contributed by atoms with van der Waals surface area (Å²) in [4.78, 5) is 0. The van der Waals surface area contributed by atoms with Crippen molar-refractivity contribution in [2.24, 2.45) is 17.8 Å². The molecule has 20 heavy (non-hydrogen) atoms. The van der Waals surface area contributed by atoms with Crippen LogP contribution in [0.4, 0.5) is 0 Å². The molecule has 0 spiro atoms. The number of rotatable bonds is 2. The lowest BCUT2D eigenvalue weighted by molar-refractivity contribution is -0.0482. The van der Waals surface area contributed by atoms with Crippen molar-refractivity contribution < 1.29 is 21.5 Å². The Labute approximate surface area is 123 Å². The summed E-state index contributed by atoms with van der Waals surface area (Å²) >= 11 is 0. The normalized spacial score (nSPS) is 40.0. The lowest BCUT2D eigenvalue weighted by Gasteiger charge is -2.26. The molecule has 1 aliphatic heterocycles. The summed E-state index contributed by atoms with van der Waals surface area (Å²) in [5.74, 6) is 3.03. The van der Waals surface area contributed by atoms with Gasteiger partial charge in [0.2, 0.25) is 0 Å². The second-order valence-electron chi connectivity index (χ2n) is 5.85. The predicted molar refractivity (Wildman–Crippen MR) is 77.6 cm³/mol. The van der Waals surface area contributed by atoms with Gasteiger partial charge < -0.3 is 4.74 Å². The number of hydrogen-bond donors (Lipinski definition) is 0. The molecule has 0 radical (unpaired) electrons. The van der Waals surface area contributed by atoms with Gasteiger partial charge in [-0.15, -0.1) is 0 Å². The van der Waals surface area contributed by atoms with Gasteiger partial charge in [0.05, 0.1) is 6.61 Å². The van der Waals surface area contributed by atoms with E-state index in [-0.39, 0.29) is 12.7 Å². The third-order valence-corrected chi connectivity index (χ3v) is 5.59. The average molecular weight is 308 g/mol. The minimum Gasteiger partial charge on any atom is -0.376 e. The zero-order chi connectivity index (χ0) is 15.3. The maximum atomic E-state index is 10.6. The Bertz CT molecular complexity index is 381. The molecular weight excluding hydrogens is 280 g/mol. The number of ether oxygens (including phenoxy) is 1. The van der Waals surface area contributed by atoms with Crippen LogP contribution in [0.2, 0.25) is 0 Å². The van der Waals surface area contributed by atoms with E-state index in [1.54, 1.807) is 6.92 Å². The molecule has 0 amide bonds. The summed E-state index contributed by atoms with van der Waals surface area (Å²) < 4.78 is 35.0. The molecule has 1 heterocycles. The zero-order valence-electron chi connectivity index (χ0n) is 13.2. The molecule has 1 saturated heterocycles. The second kappa shape index (κ2) is 7.73. The first-order chi connectivity index (χ1) is 9.30. The Hall–Kier alpha value is -0.170. The van der Waals surface area contributed by atoms with Gasteiger partial charge in [-0.2, -0.15) is 8.42 Å². The fourth-order valence-corrected chi connectivity index (χ4v) is 3.72. The molecule has 1 saturated carbocycles. The minimum atomic E-state index is -3.75. The van der Waals surface area contributed by atoms with E-state index in [9.17, 15) is 8.42 Å². The monoisotopic (exact) mass is 308 g/mol. The molecule has 2 unspecified atom stereocenters. The van der Waals surface area contributed by atoms with E-state index in [0.29, 0.717) is 0 Å². The van der Waals surface area contributed by atoms with E-state index in [2.05, 4.69) is 29.1 Å². The lowest BCUT2D eigenvalue weighted by Crippen LogP contribution is -2.40. The first kappa shape index (κ1) is 17.9. The Kier molecular flexibility index (Phi) is 6.91. The van der Waals surface area contributed by atoms with Crippen LogP contribution in [0, 0.1) is 17.8 Å². The van der Waals surface area contributed by atoms with Crippen LogP contribution in [-0.4, -0.2) is 34.3 Å². The highest BCUT2D eigenvalue weighted by Gasteiger charge is 2.31. The Morgan fingerprint density at radius 1 is 1.20 bits per heavy atom. The van der Waals surface area contributed by atoms with E-state index >= 15 is 0 Å². The van der Waals surface area contributed by atoms with Gasteiger partial charge in [-0.25, -0.2) is 8.37 Å². The molecule has 0 N–H and O–H groups in total. The molecule has 5 atom stereocenters. The van der Waals surface area contributed by atoms with Crippen LogP contribution in [0.15, 0.2) is 0 Å². The van der Waals surface area contributed by atoms with E-state index < -0.39 is 16.5 Å². The summed E-state index contributed by atoms with van der Waals surface area (Å²) in [7, 11) is -2.28. The molecule has 0 aromatic heterocycles. The summed E-state index contributed by atoms with van der Waals surface area (Å²) in [6.45, 7) is 8.76. The maximum Gasteiger partial charge on any atom is 0.400 e. The van der Waals surface area contributed by atoms with Crippen LogP contribution in [0.5, 0.6) is 0 Å². The first-order valence-electron chi connectivity index (χ1n) is 7.41. The van der Waals surface area contributed by atoms with Gasteiger partial charge in [0.1, 0.15) is 12.2 Å². The van der Waals surface area contributed by atoms with Gasteiger partial charge in [0, 0.05) is 7.11 Å². The summed E-state index contributed by atoms with van der Waals surface area (Å²) in [5.41, 5.74) is 0. The Morgan fingerprint density at radius 2 is 1.85 bits per heavy atom. The van der Waals surface area contributed by atoms with Crippen LogP contribution in [-0.2, 0) is 23.5 Å². The highest BCUT2D eigenvalue weighted by Crippen LogP contribution is 2.37. The number of methoxy groups -OCH3 is 1. The molecule has 0 aromatic rings. The van der Waals surface area contributed by atoms with Gasteiger partial charge in [-0.1, -0.05) is 33.6 Å². The van der Waals surface area contributed by atoms with Crippen molar-refractivity contribution in [1.29, 1.82) is 0 Å².